The average Bonchev–Trinajstić information content (AvgIpc) is 3.76. The molecule has 232 valence electrons. The van der Waals surface area contributed by atoms with Crippen molar-refractivity contribution in [3.05, 3.63) is 139 Å². The van der Waals surface area contributed by atoms with Crippen LogP contribution in [0.25, 0.3) is 27.6 Å². The van der Waals surface area contributed by atoms with Crippen molar-refractivity contribution in [2.45, 2.75) is 37.5 Å². The predicted molar refractivity (Wildman–Crippen MR) is 187 cm³/mol. The molecule has 0 unspecified atom stereocenters. The summed E-state index contributed by atoms with van der Waals surface area (Å²) < 4.78 is 14.3. The quantitative estimate of drug-likeness (QED) is 0.187. The number of nitrogens with zero attached hydrogens (tertiary/aromatic N) is 3. The van der Waals surface area contributed by atoms with Crippen LogP contribution in [0.1, 0.15) is 43.2 Å². The van der Waals surface area contributed by atoms with E-state index in [4.69, 9.17) is 14.5 Å². The zero-order chi connectivity index (χ0) is 31.0. The Morgan fingerprint density at radius 3 is 2.23 bits per heavy atom. The van der Waals surface area contributed by atoms with Crippen molar-refractivity contribution >= 4 is 27.5 Å². The molecule has 0 spiro atoms. The van der Waals surface area contributed by atoms with Crippen molar-refractivity contribution in [1.82, 2.24) is 9.55 Å². The summed E-state index contributed by atoms with van der Waals surface area (Å²) in [5.74, 6) is 5.69. The van der Waals surface area contributed by atoms with Crippen molar-refractivity contribution in [3.8, 4) is 17.3 Å². The Bertz CT molecular complexity index is 2140. The number of para-hydroxylation sites is 1. The van der Waals surface area contributed by atoms with Crippen LogP contribution in [0.4, 0.5) is 5.69 Å². The zero-order valence-electron chi connectivity index (χ0n) is 26.3. The van der Waals surface area contributed by atoms with E-state index in [2.05, 4.69) is 113 Å². The fourth-order valence-corrected chi connectivity index (χ4v) is 10.1. The van der Waals surface area contributed by atoms with E-state index >= 15 is 0 Å². The number of anilines is 1. The summed E-state index contributed by atoms with van der Waals surface area (Å²) >= 11 is 0. The summed E-state index contributed by atoms with van der Waals surface area (Å²) in [6.45, 7) is 0.510. The third kappa shape index (κ3) is 4.18. The Morgan fingerprint density at radius 1 is 0.660 bits per heavy atom. The summed E-state index contributed by atoms with van der Waals surface area (Å²) in [6.07, 6.45) is 12.5. The monoisotopic (exact) mass is 615 g/mol. The number of ether oxygens (including phenoxy) is 2. The van der Waals surface area contributed by atoms with Gasteiger partial charge < -0.3 is 14.4 Å². The summed E-state index contributed by atoms with van der Waals surface area (Å²) in [7, 11) is 0. The third-order valence-electron chi connectivity index (χ3n) is 11.7. The lowest BCUT2D eigenvalue weighted by Crippen LogP contribution is -2.56. The highest BCUT2D eigenvalue weighted by Gasteiger charge is 2.58. The Kier molecular flexibility index (Phi) is 6.06. The Morgan fingerprint density at radius 2 is 1.43 bits per heavy atom. The molecule has 0 atom stereocenters. The SMILES string of the molecule is C1=CN(c2cccc(Oc3ccc4c5ccccc5n(-c5cc(C6(c7ccccc7)C7CC8CC(C7)CC6C8)ccn5)c4c3)c2)CO1. The van der Waals surface area contributed by atoms with Gasteiger partial charge in [0.05, 0.1) is 11.0 Å². The van der Waals surface area contributed by atoms with Gasteiger partial charge in [-0.1, -0.05) is 54.6 Å². The molecule has 0 radical (unpaired) electrons. The van der Waals surface area contributed by atoms with Gasteiger partial charge in [0.15, 0.2) is 6.73 Å². The number of fused-ring (bicyclic) bond motifs is 3. The van der Waals surface area contributed by atoms with Gasteiger partial charge in [-0.2, -0.15) is 0 Å². The molecule has 1 aliphatic heterocycles. The average molecular weight is 616 g/mol. The zero-order valence-corrected chi connectivity index (χ0v) is 26.3. The minimum absolute atomic E-state index is 0.0278. The first kappa shape index (κ1) is 27.1. The van der Waals surface area contributed by atoms with Gasteiger partial charge in [-0.25, -0.2) is 4.98 Å². The standard InChI is InChI=1S/C42H37N3O2/c1-2-7-30(8-3-1)42(32-20-28-19-29(22-32)23-33(42)21-28)31-15-16-43-41(24-31)45-39-12-5-4-11-37(39)38-14-13-36(26-40(38)45)47-35-10-6-9-34(25-35)44-17-18-46-27-44/h1-18,24-26,28-29,32-33H,19-23,27H2. The van der Waals surface area contributed by atoms with Crippen molar-refractivity contribution < 1.29 is 9.47 Å². The van der Waals surface area contributed by atoms with Gasteiger partial charge in [-0.05, 0) is 109 Å². The van der Waals surface area contributed by atoms with E-state index in [1.54, 1.807) is 6.26 Å². The van der Waals surface area contributed by atoms with Crippen LogP contribution < -0.4 is 9.64 Å². The predicted octanol–water partition coefficient (Wildman–Crippen LogP) is 9.98. The van der Waals surface area contributed by atoms with Crippen molar-refractivity contribution in [2.24, 2.45) is 23.7 Å². The summed E-state index contributed by atoms with van der Waals surface area (Å²) in [6, 6.07) is 39.5. The normalized spacial score (nSPS) is 25.9. The molecule has 11 rings (SSSR count). The highest BCUT2D eigenvalue weighted by Crippen LogP contribution is 2.65. The van der Waals surface area contributed by atoms with E-state index in [1.807, 2.05) is 18.3 Å². The van der Waals surface area contributed by atoms with Crippen molar-refractivity contribution in [2.75, 3.05) is 11.6 Å². The molecule has 4 aromatic carbocycles. The van der Waals surface area contributed by atoms with Crippen LogP contribution in [0, 0.1) is 23.7 Å². The number of hydrogen-bond donors (Lipinski definition) is 0. The van der Waals surface area contributed by atoms with E-state index in [0.717, 1.165) is 45.9 Å². The molecule has 5 aliphatic rings. The molecule has 47 heavy (non-hydrogen) atoms. The second-order valence-corrected chi connectivity index (χ2v) is 14.1. The van der Waals surface area contributed by atoms with Crippen molar-refractivity contribution in [3.63, 3.8) is 0 Å². The van der Waals surface area contributed by atoms with Gasteiger partial charge in [-0.3, -0.25) is 4.57 Å². The first-order valence-corrected chi connectivity index (χ1v) is 17.1. The number of aromatic nitrogens is 2. The van der Waals surface area contributed by atoms with Crippen LogP contribution in [-0.4, -0.2) is 16.3 Å². The largest absolute Gasteiger partial charge is 0.479 e. The van der Waals surface area contributed by atoms with E-state index in [0.29, 0.717) is 18.6 Å². The van der Waals surface area contributed by atoms with E-state index in [-0.39, 0.29) is 5.41 Å². The van der Waals surface area contributed by atoms with Crippen LogP contribution in [0.5, 0.6) is 11.5 Å². The van der Waals surface area contributed by atoms with Crippen molar-refractivity contribution in [1.29, 1.82) is 0 Å². The molecule has 0 amide bonds. The van der Waals surface area contributed by atoms with E-state index in [9.17, 15) is 0 Å². The van der Waals surface area contributed by atoms with E-state index < -0.39 is 0 Å². The molecule has 0 saturated heterocycles. The highest BCUT2D eigenvalue weighted by atomic mass is 16.5. The molecule has 3 heterocycles. The lowest BCUT2D eigenvalue weighted by molar-refractivity contribution is -0.0418. The molecule has 0 N–H and O–H groups in total. The fraction of sp³-hybridized carbons (Fsp3) is 0.262. The van der Waals surface area contributed by atoms with Gasteiger partial charge in [0.2, 0.25) is 0 Å². The highest BCUT2D eigenvalue weighted by molar-refractivity contribution is 6.09. The van der Waals surface area contributed by atoms with Gasteiger partial charge in [0.1, 0.15) is 23.6 Å². The number of benzene rings is 4. The molecular formula is C42H37N3O2. The number of hydrogen-bond acceptors (Lipinski definition) is 4. The minimum atomic E-state index is 0.0278. The summed E-state index contributed by atoms with van der Waals surface area (Å²) in [5.41, 5.74) is 6.23. The molecule has 2 aromatic heterocycles. The molecule has 4 bridgehead atoms. The molecule has 6 aromatic rings. The maximum atomic E-state index is 6.51. The molecule has 4 aliphatic carbocycles. The third-order valence-corrected chi connectivity index (χ3v) is 11.7. The smallest absolute Gasteiger partial charge is 0.164 e. The molecule has 5 heteroatoms. The van der Waals surface area contributed by atoms with Gasteiger partial charge in [0.25, 0.3) is 0 Å². The molecule has 5 nitrogen and oxygen atoms in total. The Labute approximate surface area is 275 Å². The van der Waals surface area contributed by atoms with Gasteiger partial charge >= 0.3 is 0 Å². The first-order chi connectivity index (χ1) is 23.2. The fourth-order valence-electron chi connectivity index (χ4n) is 10.1. The molecule has 4 fully saturated rings. The van der Waals surface area contributed by atoms with E-state index in [1.165, 1.54) is 54.0 Å². The first-order valence-electron chi connectivity index (χ1n) is 17.1. The van der Waals surface area contributed by atoms with Gasteiger partial charge in [-0.15, -0.1) is 0 Å². The lowest BCUT2D eigenvalue weighted by Gasteiger charge is -2.62. The topological polar surface area (TPSA) is 39.5 Å². The van der Waals surface area contributed by atoms with Crippen LogP contribution >= 0.6 is 0 Å². The number of pyridine rings is 1. The maximum Gasteiger partial charge on any atom is 0.164 e. The molecule has 4 saturated carbocycles. The minimum Gasteiger partial charge on any atom is -0.479 e. The van der Waals surface area contributed by atoms with Crippen LogP contribution in [-0.2, 0) is 10.2 Å². The van der Waals surface area contributed by atoms with Gasteiger partial charge in [0, 0.05) is 46.4 Å². The van der Waals surface area contributed by atoms with Crippen LogP contribution in [0.3, 0.4) is 0 Å². The summed E-state index contributed by atoms with van der Waals surface area (Å²) in [4.78, 5) is 7.14. The number of rotatable bonds is 6. The second kappa shape index (κ2) is 10.5. The maximum absolute atomic E-state index is 6.51. The summed E-state index contributed by atoms with van der Waals surface area (Å²) in [5, 5.41) is 2.41. The second-order valence-electron chi connectivity index (χ2n) is 14.1. The van der Waals surface area contributed by atoms with Crippen LogP contribution in [0.2, 0.25) is 0 Å². The molecular weight excluding hydrogens is 578 g/mol. The Hall–Kier alpha value is -5.03. The lowest BCUT2D eigenvalue weighted by atomic mass is 9.42. The Balaban J connectivity index is 1.11. The van der Waals surface area contributed by atoms with Crippen LogP contribution in [0.15, 0.2) is 128 Å².